The van der Waals surface area contributed by atoms with Crippen molar-refractivity contribution in [3.8, 4) is 0 Å². The van der Waals surface area contributed by atoms with Crippen molar-refractivity contribution in [2.45, 2.75) is 16.9 Å². The molecule has 0 atom stereocenters. The molecule has 1 fully saturated rings. The first-order chi connectivity index (χ1) is 16.4. The van der Waals surface area contributed by atoms with E-state index in [1.54, 1.807) is 24.3 Å². The number of carbonyl (C=O) groups excluding carboxylic acids is 3. The van der Waals surface area contributed by atoms with Crippen molar-refractivity contribution in [1.29, 1.82) is 0 Å². The fourth-order valence-corrected chi connectivity index (χ4v) is 4.72. The number of urea groups is 1. The number of rotatable bonds is 4. The summed E-state index contributed by atoms with van der Waals surface area (Å²) in [6.45, 7) is 1.81. The van der Waals surface area contributed by atoms with Crippen LogP contribution in [-0.4, -0.2) is 17.8 Å². The van der Waals surface area contributed by atoms with E-state index in [0.29, 0.717) is 15.9 Å². The number of aryl methyl sites for hydroxylation is 1. The van der Waals surface area contributed by atoms with Crippen LogP contribution in [0.1, 0.15) is 11.3 Å². The first-order valence-corrected chi connectivity index (χ1v) is 11.5. The Balaban J connectivity index is 1.43. The van der Waals surface area contributed by atoms with E-state index in [9.17, 15) is 14.4 Å². The van der Waals surface area contributed by atoms with E-state index in [1.165, 1.54) is 23.9 Å². The van der Waals surface area contributed by atoms with E-state index in [0.717, 1.165) is 26.1 Å². The highest BCUT2D eigenvalue weighted by Crippen LogP contribution is 2.35. The van der Waals surface area contributed by atoms with Gasteiger partial charge in [0.25, 0.3) is 11.8 Å². The van der Waals surface area contributed by atoms with Gasteiger partial charge in [-0.2, -0.15) is 0 Å². The zero-order valence-corrected chi connectivity index (χ0v) is 19.4. The molecule has 4 amide bonds. The monoisotopic (exact) mass is 488 g/mol. The van der Waals surface area contributed by atoms with Crippen molar-refractivity contribution in [2.24, 2.45) is 0 Å². The van der Waals surface area contributed by atoms with Crippen LogP contribution in [0.15, 0.2) is 92.8 Å². The van der Waals surface area contributed by atoms with Gasteiger partial charge in [0.05, 0.1) is 5.69 Å². The minimum absolute atomic E-state index is 0.215. The average molecular weight is 489 g/mol. The van der Waals surface area contributed by atoms with Gasteiger partial charge in [-0.1, -0.05) is 65.8 Å². The Morgan fingerprint density at radius 3 is 2.59 bits per heavy atom. The van der Waals surface area contributed by atoms with Gasteiger partial charge in [0.1, 0.15) is 11.3 Å². The van der Waals surface area contributed by atoms with Crippen LogP contribution in [0.5, 0.6) is 0 Å². The van der Waals surface area contributed by atoms with Crippen LogP contribution in [-0.2, 0) is 9.59 Å². The number of anilines is 1. The molecule has 0 aliphatic carbocycles. The number of hydrogen-bond donors (Lipinski definition) is 1. The molecular weight excluding hydrogens is 472 g/mol. The van der Waals surface area contributed by atoms with Gasteiger partial charge in [-0.05, 0) is 59.7 Å². The molecule has 34 heavy (non-hydrogen) atoms. The minimum atomic E-state index is -0.835. The normalized spacial score (nSPS) is 15.3. The third-order valence-corrected chi connectivity index (χ3v) is 6.77. The number of fused-ring (bicyclic) bond motifs is 1. The summed E-state index contributed by atoms with van der Waals surface area (Å²) < 4.78 is 5.87. The smallest absolute Gasteiger partial charge is 0.335 e. The standard InChI is InChI=1S/C26H17ClN2O4S/c1-15-9-10-17(13-21(15)27)29-25(31)20(24(30)28-26(29)32)14-18-11-12-23(33-18)34-22-8-4-6-16-5-2-3-7-19(16)22/h2-14H,1H3,(H,28,30,32). The van der Waals surface area contributed by atoms with Gasteiger partial charge in [-0.25, -0.2) is 9.69 Å². The van der Waals surface area contributed by atoms with E-state index in [-0.39, 0.29) is 11.3 Å². The molecule has 1 N–H and O–H groups in total. The number of imide groups is 2. The Bertz CT molecular complexity index is 1500. The van der Waals surface area contributed by atoms with Crippen molar-refractivity contribution in [2.75, 3.05) is 4.90 Å². The summed E-state index contributed by atoms with van der Waals surface area (Å²) in [5.74, 6) is -1.23. The molecule has 1 aliphatic rings. The van der Waals surface area contributed by atoms with Gasteiger partial charge >= 0.3 is 6.03 Å². The Morgan fingerprint density at radius 1 is 0.971 bits per heavy atom. The Labute approximate surface area is 204 Å². The molecule has 168 valence electrons. The molecule has 6 nitrogen and oxygen atoms in total. The van der Waals surface area contributed by atoms with Crippen molar-refractivity contribution in [1.82, 2.24) is 5.32 Å². The van der Waals surface area contributed by atoms with Crippen molar-refractivity contribution in [3.63, 3.8) is 0 Å². The molecule has 0 unspecified atom stereocenters. The second-order valence-corrected chi connectivity index (χ2v) is 9.08. The van der Waals surface area contributed by atoms with Gasteiger partial charge in [0.2, 0.25) is 0 Å². The molecule has 8 heteroatoms. The van der Waals surface area contributed by atoms with Gasteiger partial charge < -0.3 is 4.42 Å². The van der Waals surface area contributed by atoms with Gasteiger partial charge in [0.15, 0.2) is 5.09 Å². The summed E-state index contributed by atoms with van der Waals surface area (Å²) in [4.78, 5) is 39.8. The molecular formula is C26H17ClN2O4S. The lowest BCUT2D eigenvalue weighted by atomic mass is 10.1. The minimum Gasteiger partial charge on any atom is -0.450 e. The first kappa shape index (κ1) is 22.0. The van der Waals surface area contributed by atoms with E-state index >= 15 is 0 Å². The Morgan fingerprint density at radius 2 is 1.76 bits per heavy atom. The molecule has 0 bridgehead atoms. The predicted molar refractivity (Wildman–Crippen MR) is 132 cm³/mol. The zero-order chi connectivity index (χ0) is 23.8. The summed E-state index contributed by atoms with van der Waals surface area (Å²) >= 11 is 7.60. The molecule has 0 radical (unpaired) electrons. The molecule has 1 aliphatic heterocycles. The van der Waals surface area contributed by atoms with Gasteiger partial charge in [-0.15, -0.1) is 0 Å². The van der Waals surface area contributed by atoms with E-state index < -0.39 is 17.8 Å². The maximum atomic E-state index is 13.1. The number of nitrogens with one attached hydrogen (secondary N) is 1. The third-order valence-electron chi connectivity index (χ3n) is 5.36. The van der Waals surface area contributed by atoms with Crippen molar-refractivity contribution in [3.05, 3.63) is 94.7 Å². The summed E-state index contributed by atoms with van der Waals surface area (Å²) in [6, 6.07) is 21.5. The molecule has 2 heterocycles. The van der Waals surface area contributed by atoms with Crippen LogP contribution in [0.3, 0.4) is 0 Å². The number of benzene rings is 3. The quantitative estimate of drug-likeness (QED) is 0.273. The fourth-order valence-electron chi connectivity index (χ4n) is 3.61. The van der Waals surface area contributed by atoms with Crippen molar-refractivity contribution >= 4 is 63.7 Å². The highest BCUT2D eigenvalue weighted by molar-refractivity contribution is 7.99. The number of carbonyl (C=O) groups is 3. The average Bonchev–Trinajstić information content (AvgIpc) is 3.26. The molecule has 1 saturated heterocycles. The lowest BCUT2D eigenvalue weighted by Gasteiger charge is -2.26. The van der Waals surface area contributed by atoms with Gasteiger partial charge in [0, 0.05) is 9.92 Å². The number of furan rings is 1. The lowest BCUT2D eigenvalue weighted by Crippen LogP contribution is -2.54. The second-order valence-electron chi connectivity index (χ2n) is 7.63. The lowest BCUT2D eigenvalue weighted by molar-refractivity contribution is -0.122. The molecule has 0 saturated carbocycles. The predicted octanol–water partition coefficient (Wildman–Crippen LogP) is 6.21. The first-order valence-electron chi connectivity index (χ1n) is 10.3. The second kappa shape index (κ2) is 8.85. The highest BCUT2D eigenvalue weighted by atomic mass is 35.5. The third kappa shape index (κ3) is 4.11. The van der Waals surface area contributed by atoms with Crippen LogP contribution >= 0.6 is 23.4 Å². The number of nitrogens with zero attached hydrogens (tertiary/aromatic N) is 1. The van der Waals surface area contributed by atoms with E-state index in [4.69, 9.17) is 16.0 Å². The molecule has 3 aromatic carbocycles. The SMILES string of the molecule is Cc1ccc(N2C(=O)NC(=O)C(=Cc3ccc(Sc4cccc5ccccc45)o3)C2=O)cc1Cl. The summed E-state index contributed by atoms with van der Waals surface area (Å²) in [7, 11) is 0. The summed E-state index contributed by atoms with van der Waals surface area (Å²) in [5, 5.41) is 5.42. The van der Waals surface area contributed by atoms with E-state index in [2.05, 4.69) is 5.32 Å². The summed E-state index contributed by atoms with van der Waals surface area (Å²) in [6.07, 6.45) is 1.33. The van der Waals surface area contributed by atoms with Crippen LogP contribution < -0.4 is 10.2 Å². The molecule has 4 aromatic rings. The van der Waals surface area contributed by atoms with Crippen LogP contribution in [0.2, 0.25) is 5.02 Å². The van der Waals surface area contributed by atoms with E-state index in [1.807, 2.05) is 49.4 Å². The van der Waals surface area contributed by atoms with Gasteiger partial charge in [-0.3, -0.25) is 14.9 Å². The largest absolute Gasteiger partial charge is 0.450 e. The zero-order valence-electron chi connectivity index (χ0n) is 17.9. The fraction of sp³-hybridized carbons (Fsp3) is 0.0385. The number of halogens is 1. The van der Waals surface area contributed by atoms with Crippen LogP contribution in [0.25, 0.3) is 16.8 Å². The number of amides is 4. The topological polar surface area (TPSA) is 79.6 Å². The van der Waals surface area contributed by atoms with Crippen LogP contribution in [0.4, 0.5) is 10.5 Å². The van der Waals surface area contributed by atoms with Crippen LogP contribution in [0, 0.1) is 6.92 Å². The number of hydrogen-bond acceptors (Lipinski definition) is 5. The Hall–Kier alpha value is -3.81. The maximum Gasteiger partial charge on any atom is 0.335 e. The Kier molecular flexibility index (Phi) is 5.73. The molecule has 0 spiro atoms. The highest BCUT2D eigenvalue weighted by Gasteiger charge is 2.37. The number of barbiturate groups is 1. The maximum absolute atomic E-state index is 13.1. The molecule has 1 aromatic heterocycles. The van der Waals surface area contributed by atoms with Crippen molar-refractivity contribution < 1.29 is 18.8 Å². The summed E-state index contributed by atoms with van der Waals surface area (Å²) in [5.41, 5.74) is 0.851. The molecule has 5 rings (SSSR count).